The van der Waals surface area contributed by atoms with Crippen LogP contribution in [0.5, 0.6) is 0 Å². The molecule has 0 fully saturated rings. The Morgan fingerprint density at radius 1 is 1.11 bits per heavy atom. The number of nitrogens with two attached hydrogens (primary N) is 1. The smallest absolute Gasteiger partial charge is 0.354 e. The molecule has 3 N–H and O–H groups in total. The molecule has 3 rings (SSSR count). The Balaban J connectivity index is 2.26. The summed E-state index contributed by atoms with van der Waals surface area (Å²) in [4.78, 5) is 11.9. The summed E-state index contributed by atoms with van der Waals surface area (Å²) in [6.45, 7) is 2.15. The maximum absolute atomic E-state index is 11.9. The largest absolute Gasteiger partial charge is 0.477 e. The number of hydrogen-bond donors (Lipinski definition) is 2. The highest BCUT2D eigenvalue weighted by molar-refractivity contribution is 7.89. The number of aromatic nitrogens is 2. The highest BCUT2D eigenvalue weighted by atomic mass is 35.5. The third-order valence-corrected chi connectivity index (χ3v) is 5.22. The van der Waals surface area contributed by atoms with Gasteiger partial charge in [0.05, 0.1) is 4.90 Å². The first-order valence-electron chi connectivity index (χ1n) is 7.95. The molecular weight excluding hydrogens is 390 g/mol. The van der Waals surface area contributed by atoms with Gasteiger partial charge in [0.1, 0.15) is 5.69 Å². The number of primary sulfonamides is 1. The third kappa shape index (κ3) is 3.73. The van der Waals surface area contributed by atoms with Crippen molar-refractivity contribution in [3.8, 4) is 22.4 Å². The molecule has 0 aliphatic rings. The van der Waals surface area contributed by atoms with Crippen LogP contribution in [0.25, 0.3) is 22.4 Å². The summed E-state index contributed by atoms with van der Waals surface area (Å²) in [5.41, 5.74) is 2.12. The highest BCUT2D eigenvalue weighted by Crippen LogP contribution is 2.35. The molecule has 0 unspecified atom stereocenters. The number of aryl methyl sites for hydroxylation is 1. The predicted octanol–water partition coefficient (Wildman–Crippen LogP) is 3.24. The van der Waals surface area contributed by atoms with Crippen LogP contribution in [0.1, 0.15) is 17.4 Å². The van der Waals surface area contributed by atoms with E-state index in [9.17, 15) is 18.3 Å². The lowest BCUT2D eigenvalue weighted by Crippen LogP contribution is -2.11. The van der Waals surface area contributed by atoms with E-state index in [1.54, 1.807) is 43.3 Å². The van der Waals surface area contributed by atoms with Gasteiger partial charge in [0.25, 0.3) is 0 Å². The van der Waals surface area contributed by atoms with E-state index in [2.05, 4.69) is 5.10 Å². The molecule has 27 heavy (non-hydrogen) atoms. The first-order chi connectivity index (χ1) is 12.7. The zero-order valence-corrected chi connectivity index (χ0v) is 15.8. The van der Waals surface area contributed by atoms with Crippen LogP contribution >= 0.6 is 11.6 Å². The maximum Gasteiger partial charge on any atom is 0.354 e. The fourth-order valence-electron chi connectivity index (χ4n) is 2.80. The Morgan fingerprint density at radius 2 is 1.67 bits per heavy atom. The lowest BCUT2D eigenvalue weighted by atomic mass is 9.99. The molecule has 9 heteroatoms. The fourth-order valence-corrected chi connectivity index (χ4v) is 3.44. The number of hydrogen-bond acceptors (Lipinski definition) is 4. The number of benzene rings is 2. The van der Waals surface area contributed by atoms with E-state index >= 15 is 0 Å². The van der Waals surface area contributed by atoms with Gasteiger partial charge in [0.2, 0.25) is 10.0 Å². The number of carbonyl (C=O) groups is 1. The summed E-state index contributed by atoms with van der Waals surface area (Å²) in [5, 5.41) is 19.8. The topological polar surface area (TPSA) is 115 Å². The first-order valence-corrected chi connectivity index (χ1v) is 9.88. The van der Waals surface area contributed by atoms with Crippen LogP contribution < -0.4 is 5.14 Å². The molecule has 0 amide bonds. The van der Waals surface area contributed by atoms with Crippen molar-refractivity contribution in [1.29, 1.82) is 0 Å². The SMILES string of the molecule is CCn1nc(-c2ccc(S(N)(=O)=O)cc2)c(-c2ccc(Cl)cc2)c1C(=O)O. The number of halogens is 1. The van der Waals surface area contributed by atoms with Gasteiger partial charge in [0.15, 0.2) is 5.69 Å². The zero-order valence-electron chi connectivity index (χ0n) is 14.3. The van der Waals surface area contributed by atoms with E-state index in [0.29, 0.717) is 34.0 Å². The van der Waals surface area contributed by atoms with E-state index in [4.69, 9.17) is 16.7 Å². The van der Waals surface area contributed by atoms with Crippen molar-refractivity contribution in [2.75, 3.05) is 0 Å². The summed E-state index contributed by atoms with van der Waals surface area (Å²) in [5.74, 6) is -1.11. The minimum absolute atomic E-state index is 0.0346. The number of nitrogens with zero attached hydrogens (tertiary/aromatic N) is 2. The van der Waals surface area contributed by atoms with E-state index in [1.807, 2.05) is 0 Å². The van der Waals surface area contributed by atoms with Crippen LogP contribution in [0, 0.1) is 0 Å². The van der Waals surface area contributed by atoms with Gasteiger partial charge in [-0.2, -0.15) is 5.10 Å². The van der Waals surface area contributed by atoms with Gasteiger partial charge in [-0.25, -0.2) is 18.4 Å². The van der Waals surface area contributed by atoms with E-state index in [-0.39, 0.29) is 10.6 Å². The Kier molecular flexibility index (Phi) is 5.05. The molecule has 140 valence electrons. The zero-order chi connectivity index (χ0) is 19.8. The summed E-state index contributed by atoms with van der Waals surface area (Å²) in [7, 11) is -3.82. The summed E-state index contributed by atoms with van der Waals surface area (Å²) in [6, 6.07) is 12.6. The third-order valence-electron chi connectivity index (χ3n) is 4.04. The van der Waals surface area contributed by atoms with Gasteiger partial charge in [-0.15, -0.1) is 0 Å². The van der Waals surface area contributed by atoms with Crippen molar-refractivity contribution >= 4 is 27.6 Å². The van der Waals surface area contributed by atoms with E-state index < -0.39 is 16.0 Å². The molecule has 1 heterocycles. The quantitative estimate of drug-likeness (QED) is 0.676. The molecule has 1 aromatic heterocycles. The Morgan fingerprint density at radius 3 is 2.15 bits per heavy atom. The minimum atomic E-state index is -3.82. The van der Waals surface area contributed by atoms with Crippen LogP contribution in [-0.2, 0) is 16.6 Å². The molecule has 0 saturated heterocycles. The second-order valence-electron chi connectivity index (χ2n) is 5.77. The van der Waals surface area contributed by atoms with Crippen LogP contribution in [0.15, 0.2) is 53.4 Å². The van der Waals surface area contributed by atoms with Gasteiger partial charge in [-0.05, 0) is 36.8 Å². The number of sulfonamides is 1. The average Bonchev–Trinajstić information content (AvgIpc) is 3.01. The number of rotatable bonds is 5. The van der Waals surface area contributed by atoms with E-state index in [1.165, 1.54) is 16.8 Å². The number of aromatic carboxylic acids is 1. The fraction of sp³-hybridized carbons (Fsp3) is 0.111. The molecule has 0 spiro atoms. The van der Waals surface area contributed by atoms with E-state index in [0.717, 1.165) is 0 Å². The number of carboxylic acid groups (broad SMARTS) is 1. The molecule has 0 aliphatic carbocycles. The molecule has 0 bridgehead atoms. The Labute approximate surface area is 161 Å². The van der Waals surface area contributed by atoms with Crippen molar-refractivity contribution in [2.24, 2.45) is 5.14 Å². The second kappa shape index (κ2) is 7.15. The summed E-state index contributed by atoms with van der Waals surface area (Å²) in [6.07, 6.45) is 0. The van der Waals surface area contributed by atoms with Crippen molar-refractivity contribution < 1.29 is 18.3 Å². The molecule has 7 nitrogen and oxygen atoms in total. The molecule has 0 aliphatic heterocycles. The van der Waals surface area contributed by atoms with Gasteiger partial charge >= 0.3 is 5.97 Å². The van der Waals surface area contributed by atoms with Crippen molar-refractivity contribution in [3.63, 3.8) is 0 Å². The highest BCUT2D eigenvalue weighted by Gasteiger charge is 2.25. The van der Waals surface area contributed by atoms with Crippen molar-refractivity contribution in [3.05, 3.63) is 59.2 Å². The Hall–Kier alpha value is -2.68. The summed E-state index contributed by atoms with van der Waals surface area (Å²) >= 11 is 5.95. The summed E-state index contributed by atoms with van der Waals surface area (Å²) < 4.78 is 24.3. The van der Waals surface area contributed by atoms with Gasteiger partial charge in [-0.3, -0.25) is 4.68 Å². The standard InChI is InChI=1S/C18H16ClN3O4S/c1-2-22-17(18(23)24)15(11-3-7-13(19)8-4-11)16(21-22)12-5-9-14(10-6-12)27(20,25)26/h3-10H,2H2,1H3,(H,23,24)(H2,20,25,26). The molecule has 0 atom stereocenters. The average molecular weight is 406 g/mol. The van der Waals surface area contributed by atoms with Gasteiger partial charge in [0, 0.05) is 22.7 Å². The van der Waals surface area contributed by atoms with Gasteiger partial charge < -0.3 is 5.11 Å². The molecule has 0 radical (unpaired) electrons. The molecule has 3 aromatic rings. The van der Waals surface area contributed by atoms with Crippen molar-refractivity contribution in [2.45, 2.75) is 18.4 Å². The monoisotopic (exact) mass is 405 g/mol. The lowest BCUT2D eigenvalue weighted by molar-refractivity contribution is 0.0684. The lowest BCUT2D eigenvalue weighted by Gasteiger charge is -2.06. The molecular formula is C18H16ClN3O4S. The van der Waals surface area contributed by atoms with Crippen LogP contribution in [0.4, 0.5) is 0 Å². The number of carboxylic acids is 1. The van der Waals surface area contributed by atoms with Crippen molar-refractivity contribution in [1.82, 2.24) is 9.78 Å². The minimum Gasteiger partial charge on any atom is -0.477 e. The van der Waals surface area contributed by atoms with Crippen LogP contribution in [-0.4, -0.2) is 29.3 Å². The van der Waals surface area contributed by atoms with Crippen LogP contribution in [0.3, 0.4) is 0 Å². The second-order valence-corrected chi connectivity index (χ2v) is 7.77. The van der Waals surface area contributed by atoms with Gasteiger partial charge in [-0.1, -0.05) is 35.9 Å². The normalized spacial score (nSPS) is 11.5. The maximum atomic E-state index is 11.9. The Bertz CT molecular complexity index is 1100. The predicted molar refractivity (Wildman–Crippen MR) is 102 cm³/mol. The van der Waals surface area contributed by atoms with Crippen LogP contribution in [0.2, 0.25) is 5.02 Å². The molecule has 2 aromatic carbocycles. The molecule has 0 saturated carbocycles. The first kappa shape index (κ1) is 19.1.